The smallest absolute Gasteiger partial charge is 0.318 e. The minimum Gasteiger partial charge on any atom is -0.493 e. The normalized spacial score (nSPS) is 11.0. The third kappa shape index (κ3) is 4.77. The van der Waals surface area contributed by atoms with Gasteiger partial charge >= 0.3 is 5.69 Å². The first-order chi connectivity index (χ1) is 16.9. The maximum absolute atomic E-state index is 11.4. The van der Waals surface area contributed by atoms with Crippen molar-refractivity contribution in [3.05, 3.63) is 110 Å². The van der Waals surface area contributed by atoms with Gasteiger partial charge in [-0.05, 0) is 40.6 Å². The van der Waals surface area contributed by atoms with Gasteiger partial charge in [-0.3, -0.25) is 20.2 Å². The van der Waals surface area contributed by atoms with Gasteiger partial charge < -0.3 is 9.47 Å². The summed E-state index contributed by atoms with van der Waals surface area (Å²) in [4.78, 5) is 20.9. The van der Waals surface area contributed by atoms with Crippen LogP contribution in [0.3, 0.4) is 0 Å². The molecule has 0 heterocycles. The number of non-ortho nitro benzene ring substituents is 1. The molecule has 0 N–H and O–H groups in total. The highest BCUT2D eigenvalue weighted by atomic mass is 16.6. The van der Waals surface area contributed by atoms with Crippen LogP contribution in [0.4, 0.5) is 11.4 Å². The molecule has 4 aromatic rings. The first-order valence-electron chi connectivity index (χ1n) is 10.3. The molecule has 4 aromatic carbocycles. The molecule has 0 aliphatic heterocycles. The maximum Gasteiger partial charge on any atom is 0.318 e. The monoisotopic (exact) mass is 467 g/mol. The van der Waals surface area contributed by atoms with Crippen molar-refractivity contribution in [2.75, 3.05) is 7.11 Å². The fraction of sp³-hybridized carbons (Fsp3) is 0.0385. The van der Waals surface area contributed by atoms with Crippen LogP contribution in [0.2, 0.25) is 0 Å². The van der Waals surface area contributed by atoms with E-state index in [4.69, 9.17) is 9.47 Å². The van der Waals surface area contributed by atoms with E-state index in [2.05, 4.69) is 6.07 Å². The number of nitriles is 1. The molecule has 0 aliphatic carbocycles. The number of nitro groups is 2. The van der Waals surface area contributed by atoms with Gasteiger partial charge in [-0.25, -0.2) is 0 Å². The second-order valence-electron chi connectivity index (χ2n) is 7.38. The van der Waals surface area contributed by atoms with Gasteiger partial charge in [0, 0.05) is 11.6 Å². The molecule has 0 saturated carbocycles. The van der Waals surface area contributed by atoms with E-state index >= 15 is 0 Å². The van der Waals surface area contributed by atoms with Crippen LogP contribution in [0.5, 0.6) is 17.2 Å². The van der Waals surface area contributed by atoms with Gasteiger partial charge in [0.2, 0.25) is 5.75 Å². The second kappa shape index (κ2) is 9.72. The highest BCUT2D eigenvalue weighted by molar-refractivity contribution is 6.01. The van der Waals surface area contributed by atoms with E-state index in [1.165, 1.54) is 7.11 Å². The van der Waals surface area contributed by atoms with Crippen LogP contribution in [-0.4, -0.2) is 17.0 Å². The summed E-state index contributed by atoms with van der Waals surface area (Å²) in [5.41, 5.74) is 0.911. The number of hydrogen-bond donors (Lipinski definition) is 0. The number of hydrogen-bond acceptors (Lipinski definition) is 7. The summed E-state index contributed by atoms with van der Waals surface area (Å²) in [6, 6.07) is 23.7. The molecule has 0 amide bonds. The van der Waals surface area contributed by atoms with Crippen LogP contribution < -0.4 is 9.47 Å². The Labute approximate surface area is 199 Å². The Morgan fingerprint density at radius 2 is 1.63 bits per heavy atom. The molecule has 0 spiro atoms. The lowest BCUT2D eigenvalue weighted by Crippen LogP contribution is -1.97. The van der Waals surface area contributed by atoms with Crippen molar-refractivity contribution < 1.29 is 19.3 Å². The van der Waals surface area contributed by atoms with E-state index in [9.17, 15) is 25.5 Å². The van der Waals surface area contributed by atoms with E-state index in [1.807, 2.05) is 42.5 Å². The summed E-state index contributed by atoms with van der Waals surface area (Å²) in [5, 5.41) is 34.2. The SMILES string of the molecule is COc1cc(/C=C(/C#N)c2cccc3ccccc23)ccc1Oc1ccc([N+](=O)[O-])cc1[N+](=O)[O-]. The molecule has 4 rings (SSSR count). The average molecular weight is 467 g/mol. The summed E-state index contributed by atoms with van der Waals surface area (Å²) in [5.74, 6) is 0.266. The molecule has 0 aromatic heterocycles. The lowest BCUT2D eigenvalue weighted by Gasteiger charge is -2.12. The zero-order valence-corrected chi connectivity index (χ0v) is 18.4. The Bertz CT molecular complexity index is 1530. The lowest BCUT2D eigenvalue weighted by molar-refractivity contribution is -0.394. The molecule has 0 radical (unpaired) electrons. The molecule has 0 unspecified atom stereocenters. The fourth-order valence-corrected chi connectivity index (χ4v) is 3.62. The highest BCUT2D eigenvalue weighted by Crippen LogP contribution is 2.39. The van der Waals surface area contributed by atoms with Crippen molar-refractivity contribution in [3.63, 3.8) is 0 Å². The van der Waals surface area contributed by atoms with Crippen LogP contribution in [0.25, 0.3) is 22.4 Å². The Kier molecular flexibility index (Phi) is 6.37. The highest BCUT2D eigenvalue weighted by Gasteiger charge is 2.22. The van der Waals surface area contributed by atoms with Crippen LogP contribution >= 0.6 is 0 Å². The Morgan fingerprint density at radius 3 is 2.34 bits per heavy atom. The minimum absolute atomic E-state index is 0.171. The summed E-state index contributed by atoms with van der Waals surface area (Å²) >= 11 is 0. The number of nitrogens with zero attached hydrogens (tertiary/aromatic N) is 3. The zero-order valence-electron chi connectivity index (χ0n) is 18.4. The van der Waals surface area contributed by atoms with Gasteiger partial charge in [0.05, 0.1) is 34.7 Å². The summed E-state index contributed by atoms with van der Waals surface area (Å²) in [6.45, 7) is 0. The maximum atomic E-state index is 11.4. The van der Waals surface area contributed by atoms with Crippen molar-refractivity contribution in [2.24, 2.45) is 0 Å². The molecule has 0 bridgehead atoms. The summed E-state index contributed by atoms with van der Waals surface area (Å²) in [6.07, 6.45) is 1.71. The fourth-order valence-electron chi connectivity index (χ4n) is 3.62. The average Bonchev–Trinajstić information content (AvgIpc) is 2.87. The van der Waals surface area contributed by atoms with Crippen molar-refractivity contribution in [1.29, 1.82) is 5.26 Å². The van der Waals surface area contributed by atoms with E-state index in [-0.39, 0.29) is 17.2 Å². The molecular weight excluding hydrogens is 450 g/mol. The molecule has 0 saturated heterocycles. The third-order valence-electron chi connectivity index (χ3n) is 5.27. The molecule has 0 aliphatic rings. The van der Waals surface area contributed by atoms with E-state index < -0.39 is 21.2 Å². The number of ether oxygens (including phenoxy) is 2. The largest absolute Gasteiger partial charge is 0.493 e. The van der Waals surface area contributed by atoms with E-state index in [0.717, 1.165) is 34.5 Å². The van der Waals surface area contributed by atoms with Crippen molar-refractivity contribution >= 4 is 33.8 Å². The zero-order chi connectivity index (χ0) is 24.9. The first kappa shape index (κ1) is 22.9. The van der Waals surface area contributed by atoms with Crippen LogP contribution in [0, 0.1) is 31.6 Å². The predicted molar refractivity (Wildman–Crippen MR) is 130 cm³/mol. The number of fused-ring (bicyclic) bond motifs is 1. The Morgan fingerprint density at radius 1 is 0.886 bits per heavy atom. The lowest BCUT2D eigenvalue weighted by atomic mass is 9.97. The number of rotatable bonds is 7. The van der Waals surface area contributed by atoms with Gasteiger partial charge in [-0.1, -0.05) is 48.5 Å². The van der Waals surface area contributed by atoms with Gasteiger partial charge in [-0.15, -0.1) is 0 Å². The third-order valence-corrected chi connectivity index (χ3v) is 5.27. The van der Waals surface area contributed by atoms with Gasteiger partial charge in [-0.2, -0.15) is 5.26 Å². The van der Waals surface area contributed by atoms with Crippen LogP contribution in [0.1, 0.15) is 11.1 Å². The molecule has 0 atom stereocenters. The number of benzene rings is 4. The molecule has 9 nitrogen and oxygen atoms in total. The molecular formula is C26H17N3O6. The number of allylic oxidation sites excluding steroid dienone is 1. The minimum atomic E-state index is -0.755. The van der Waals surface area contributed by atoms with Gasteiger partial charge in [0.1, 0.15) is 0 Å². The van der Waals surface area contributed by atoms with Crippen LogP contribution in [-0.2, 0) is 0 Å². The Hall–Kier alpha value is -5.23. The predicted octanol–water partition coefficient (Wildman–Crippen LogP) is 6.52. The van der Waals surface area contributed by atoms with E-state index in [0.29, 0.717) is 11.1 Å². The van der Waals surface area contributed by atoms with E-state index in [1.54, 1.807) is 24.3 Å². The Balaban J connectivity index is 1.71. The summed E-state index contributed by atoms with van der Waals surface area (Å²) < 4.78 is 11.1. The van der Waals surface area contributed by atoms with Gasteiger partial charge in [0.25, 0.3) is 5.69 Å². The molecule has 9 heteroatoms. The standard InChI is InChI=1S/C26H17N3O6/c1-34-26-14-17(13-19(16-27)22-8-4-6-18-5-2-3-7-21(18)22)9-11-25(26)35-24-12-10-20(28(30)31)15-23(24)29(32)33/h2-15H,1H3/b19-13-. The molecule has 35 heavy (non-hydrogen) atoms. The molecule has 172 valence electrons. The van der Waals surface area contributed by atoms with Gasteiger partial charge in [0.15, 0.2) is 11.5 Å². The second-order valence-corrected chi connectivity index (χ2v) is 7.38. The molecule has 0 fully saturated rings. The van der Waals surface area contributed by atoms with Crippen molar-refractivity contribution in [3.8, 4) is 23.3 Å². The number of methoxy groups -OCH3 is 1. The number of nitro benzene ring substituents is 2. The quantitative estimate of drug-likeness (QED) is 0.131. The van der Waals surface area contributed by atoms with Crippen molar-refractivity contribution in [2.45, 2.75) is 0 Å². The summed E-state index contributed by atoms with van der Waals surface area (Å²) in [7, 11) is 1.41. The van der Waals surface area contributed by atoms with Crippen molar-refractivity contribution in [1.82, 2.24) is 0 Å². The van der Waals surface area contributed by atoms with Crippen LogP contribution in [0.15, 0.2) is 78.9 Å². The topological polar surface area (TPSA) is 129 Å². The first-order valence-corrected chi connectivity index (χ1v) is 10.3.